The van der Waals surface area contributed by atoms with Crippen LogP contribution in [-0.4, -0.2) is 19.1 Å². The lowest BCUT2D eigenvalue weighted by molar-refractivity contribution is 0.0601. The molecule has 21 heavy (non-hydrogen) atoms. The molecule has 1 heterocycles. The van der Waals surface area contributed by atoms with E-state index in [1.54, 1.807) is 0 Å². The Morgan fingerprint density at radius 1 is 1.33 bits per heavy atom. The Morgan fingerprint density at radius 3 is 2.81 bits per heavy atom. The Balaban J connectivity index is 2.09. The lowest BCUT2D eigenvalue weighted by atomic mass is 9.61. The fourth-order valence-electron chi connectivity index (χ4n) is 4.31. The number of nitrogens with one attached hydrogen (secondary N) is 1. The Morgan fingerprint density at radius 2 is 2.10 bits per heavy atom. The van der Waals surface area contributed by atoms with Gasteiger partial charge >= 0.3 is 5.97 Å². The Hall–Kier alpha value is -1.51. The molecule has 0 spiro atoms. The Kier molecular flexibility index (Phi) is 3.46. The number of ether oxygens (including phenoxy) is 1. The molecule has 3 nitrogen and oxygen atoms in total. The van der Waals surface area contributed by atoms with Crippen LogP contribution in [0.5, 0.6) is 0 Å². The van der Waals surface area contributed by atoms with Crippen molar-refractivity contribution in [1.29, 1.82) is 0 Å². The first-order chi connectivity index (χ1) is 9.95. The van der Waals surface area contributed by atoms with Crippen molar-refractivity contribution < 1.29 is 9.53 Å². The molecule has 1 aliphatic carbocycles. The van der Waals surface area contributed by atoms with Crippen molar-refractivity contribution in [3.8, 4) is 0 Å². The number of esters is 1. The zero-order chi connectivity index (χ0) is 15.2. The standard InChI is InChI=1S/C18H25NO2/c1-11-8-9-13-15(10-11)19-16-12(17(20)21-4)6-5-7-14(16)18(13,2)3/h5-7,11,13,15,19H,8-10H2,1-4H3/t11-,13+,15+/m1/s1. The topological polar surface area (TPSA) is 38.3 Å². The number of benzene rings is 1. The van der Waals surface area contributed by atoms with E-state index < -0.39 is 0 Å². The van der Waals surface area contributed by atoms with E-state index in [1.807, 2.05) is 12.1 Å². The van der Waals surface area contributed by atoms with Gasteiger partial charge in [-0.3, -0.25) is 0 Å². The summed E-state index contributed by atoms with van der Waals surface area (Å²) in [5, 5.41) is 3.67. The maximum Gasteiger partial charge on any atom is 0.339 e. The molecule has 0 saturated heterocycles. The molecule has 1 aliphatic heterocycles. The smallest absolute Gasteiger partial charge is 0.339 e. The average molecular weight is 287 g/mol. The summed E-state index contributed by atoms with van der Waals surface area (Å²) in [5.74, 6) is 1.13. The van der Waals surface area contributed by atoms with E-state index in [1.165, 1.54) is 31.9 Å². The minimum Gasteiger partial charge on any atom is -0.465 e. The van der Waals surface area contributed by atoms with Crippen molar-refractivity contribution in [1.82, 2.24) is 0 Å². The first-order valence-corrected chi connectivity index (χ1v) is 7.93. The first-order valence-electron chi connectivity index (χ1n) is 7.93. The normalized spacial score (nSPS) is 29.8. The van der Waals surface area contributed by atoms with Crippen LogP contribution < -0.4 is 5.32 Å². The second kappa shape index (κ2) is 5.04. The molecule has 0 bridgehead atoms. The van der Waals surface area contributed by atoms with Gasteiger partial charge in [0.2, 0.25) is 0 Å². The van der Waals surface area contributed by atoms with Gasteiger partial charge in [0, 0.05) is 6.04 Å². The van der Waals surface area contributed by atoms with Crippen molar-refractivity contribution in [2.75, 3.05) is 12.4 Å². The third kappa shape index (κ3) is 2.23. The highest BCUT2D eigenvalue weighted by atomic mass is 16.5. The van der Waals surface area contributed by atoms with Gasteiger partial charge in [0.1, 0.15) is 0 Å². The van der Waals surface area contributed by atoms with Crippen molar-refractivity contribution in [3.05, 3.63) is 29.3 Å². The molecule has 3 rings (SSSR count). The van der Waals surface area contributed by atoms with Crippen LogP contribution in [0, 0.1) is 11.8 Å². The molecule has 2 aliphatic rings. The van der Waals surface area contributed by atoms with Crippen LogP contribution in [-0.2, 0) is 10.2 Å². The van der Waals surface area contributed by atoms with Gasteiger partial charge in [-0.25, -0.2) is 4.79 Å². The van der Waals surface area contributed by atoms with Crippen molar-refractivity contribution in [2.45, 2.75) is 51.5 Å². The SMILES string of the molecule is COC(=O)c1cccc2c1N[C@H]1C[C@H](C)CC[C@@H]1C2(C)C. The molecule has 0 unspecified atom stereocenters. The summed E-state index contributed by atoms with van der Waals surface area (Å²) in [6, 6.07) is 6.45. The number of rotatable bonds is 1. The number of methoxy groups -OCH3 is 1. The second-order valence-electron chi connectivity index (χ2n) is 7.22. The van der Waals surface area contributed by atoms with E-state index in [9.17, 15) is 4.79 Å². The molecule has 3 heteroatoms. The Labute approximate surface area is 127 Å². The molecule has 0 aromatic heterocycles. The van der Waals surface area contributed by atoms with Gasteiger partial charge in [-0.2, -0.15) is 0 Å². The summed E-state index contributed by atoms with van der Waals surface area (Å²) in [5.41, 5.74) is 3.00. The quantitative estimate of drug-likeness (QED) is 0.794. The van der Waals surface area contributed by atoms with Gasteiger partial charge in [-0.15, -0.1) is 0 Å². The number of hydrogen-bond donors (Lipinski definition) is 1. The predicted octanol–water partition coefficient (Wildman–Crippen LogP) is 3.98. The highest BCUT2D eigenvalue weighted by molar-refractivity contribution is 5.97. The maximum absolute atomic E-state index is 12.1. The molecular weight excluding hydrogens is 262 g/mol. The molecule has 3 atom stereocenters. The molecule has 1 fully saturated rings. The monoisotopic (exact) mass is 287 g/mol. The van der Waals surface area contributed by atoms with Gasteiger partial charge in [-0.05, 0) is 41.7 Å². The number of carbonyl (C=O) groups excluding carboxylic acids is 1. The number of hydrogen-bond acceptors (Lipinski definition) is 3. The van der Waals surface area contributed by atoms with Crippen LogP contribution in [0.15, 0.2) is 18.2 Å². The zero-order valence-electron chi connectivity index (χ0n) is 13.4. The fourth-order valence-corrected chi connectivity index (χ4v) is 4.31. The average Bonchev–Trinajstić information content (AvgIpc) is 2.45. The number of carbonyl (C=O) groups is 1. The number of fused-ring (bicyclic) bond motifs is 2. The summed E-state index contributed by atoms with van der Waals surface area (Å²) >= 11 is 0. The summed E-state index contributed by atoms with van der Waals surface area (Å²) < 4.78 is 4.95. The Bertz CT molecular complexity index is 564. The van der Waals surface area contributed by atoms with Crippen LogP contribution in [0.4, 0.5) is 5.69 Å². The minimum absolute atomic E-state index is 0.0927. The van der Waals surface area contributed by atoms with Gasteiger partial charge in [0.25, 0.3) is 0 Å². The molecule has 0 amide bonds. The largest absolute Gasteiger partial charge is 0.465 e. The van der Waals surface area contributed by atoms with Crippen molar-refractivity contribution in [3.63, 3.8) is 0 Å². The molecule has 1 aromatic rings. The zero-order valence-corrected chi connectivity index (χ0v) is 13.4. The van der Waals surface area contributed by atoms with Crippen LogP contribution in [0.25, 0.3) is 0 Å². The molecule has 1 N–H and O–H groups in total. The summed E-state index contributed by atoms with van der Waals surface area (Å²) in [6.07, 6.45) is 3.75. The van der Waals surface area contributed by atoms with E-state index in [-0.39, 0.29) is 11.4 Å². The third-order valence-electron chi connectivity index (χ3n) is 5.53. The predicted molar refractivity (Wildman–Crippen MR) is 84.7 cm³/mol. The second-order valence-corrected chi connectivity index (χ2v) is 7.22. The van der Waals surface area contributed by atoms with Crippen LogP contribution >= 0.6 is 0 Å². The molecule has 1 aromatic carbocycles. The molecule has 1 saturated carbocycles. The van der Waals surface area contributed by atoms with Crippen molar-refractivity contribution in [2.24, 2.45) is 11.8 Å². The van der Waals surface area contributed by atoms with Gasteiger partial charge in [-0.1, -0.05) is 39.3 Å². The first kappa shape index (κ1) is 14.4. The van der Waals surface area contributed by atoms with Crippen LogP contribution in [0.3, 0.4) is 0 Å². The van der Waals surface area contributed by atoms with E-state index in [0.717, 1.165) is 11.6 Å². The molecular formula is C18H25NO2. The minimum atomic E-state index is -0.252. The summed E-state index contributed by atoms with van der Waals surface area (Å²) in [4.78, 5) is 12.1. The van der Waals surface area contributed by atoms with Gasteiger partial charge in [0.05, 0.1) is 18.4 Å². The maximum atomic E-state index is 12.1. The van der Waals surface area contributed by atoms with Crippen molar-refractivity contribution >= 4 is 11.7 Å². The van der Waals surface area contributed by atoms with E-state index >= 15 is 0 Å². The van der Waals surface area contributed by atoms with E-state index in [0.29, 0.717) is 17.5 Å². The highest BCUT2D eigenvalue weighted by Gasteiger charge is 2.45. The fraction of sp³-hybridized carbons (Fsp3) is 0.611. The lowest BCUT2D eigenvalue weighted by Gasteiger charge is -2.50. The molecule has 0 radical (unpaired) electrons. The van der Waals surface area contributed by atoms with E-state index in [2.05, 4.69) is 32.2 Å². The lowest BCUT2D eigenvalue weighted by Crippen LogP contribution is -2.49. The highest BCUT2D eigenvalue weighted by Crippen LogP contribution is 2.49. The van der Waals surface area contributed by atoms with Crippen LogP contribution in [0.2, 0.25) is 0 Å². The summed E-state index contributed by atoms with van der Waals surface area (Å²) in [7, 11) is 1.45. The third-order valence-corrected chi connectivity index (χ3v) is 5.53. The number of anilines is 1. The van der Waals surface area contributed by atoms with E-state index in [4.69, 9.17) is 4.74 Å². The summed E-state index contributed by atoms with van der Waals surface area (Å²) in [6.45, 7) is 6.97. The van der Waals surface area contributed by atoms with Gasteiger partial charge in [0.15, 0.2) is 0 Å². The number of para-hydroxylation sites is 1. The van der Waals surface area contributed by atoms with Crippen LogP contribution in [0.1, 0.15) is 56.0 Å². The molecule has 114 valence electrons. The van der Waals surface area contributed by atoms with Gasteiger partial charge < -0.3 is 10.1 Å².